The minimum atomic E-state index is 0.0184. The molecule has 0 heterocycles. The molecule has 20 heavy (non-hydrogen) atoms. The number of carbonyl (C=O) groups excluding carboxylic acids is 1. The second-order valence-electron chi connectivity index (χ2n) is 7.81. The molecule has 0 amide bonds. The predicted molar refractivity (Wildman–Crippen MR) is 82.9 cm³/mol. The van der Waals surface area contributed by atoms with Crippen LogP contribution < -0.4 is 0 Å². The normalized spacial score (nSPS) is 42.2. The lowest BCUT2D eigenvalue weighted by molar-refractivity contribution is -0.151. The maximum absolute atomic E-state index is 12.2. The van der Waals surface area contributed by atoms with Gasteiger partial charge < -0.3 is 9.64 Å². The number of nitrogens with zero attached hydrogens (tertiary/aromatic N) is 1. The van der Waals surface area contributed by atoms with Gasteiger partial charge in [-0.2, -0.15) is 0 Å². The molecule has 4 heteroatoms. The minimum absolute atomic E-state index is 0.0184. The van der Waals surface area contributed by atoms with Crippen molar-refractivity contribution in [3.63, 3.8) is 0 Å². The molecule has 4 aliphatic rings. The summed E-state index contributed by atoms with van der Waals surface area (Å²) in [4.78, 5) is 14.2. The van der Waals surface area contributed by atoms with Gasteiger partial charge in [-0.05, 0) is 69.9 Å². The van der Waals surface area contributed by atoms with Gasteiger partial charge >= 0.3 is 5.97 Å². The lowest BCUT2D eigenvalue weighted by Gasteiger charge is -2.60. The summed E-state index contributed by atoms with van der Waals surface area (Å²) < 4.78 is 5.76. The zero-order valence-corrected chi connectivity index (χ0v) is 14.2. The largest absolute Gasteiger partial charge is 0.464 e. The molecule has 4 fully saturated rings. The van der Waals surface area contributed by atoms with E-state index >= 15 is 0 Å². The summed E-state index contributed by atoms with van der Waals surface area (Å²) in [6.45, 7) is 1.33. The molecule has 3 nitrogen and oxygen atoms in total. The van der Waals surface area contributed by atoms with Gasteiger partial charge in [-0.15, -0.1) is 0 Å². The number of halogens is 1. The zero-order valence-electron chi connectivity index (χ0n) is 12.7. The van der Waals surface area contributed by atoms with Crippen LogP contribution in [0.3, 0.4) is 0 Å². The van der Waals surface area contributed by atoms with Crippen molar-refractivity contribution in [2.75, 3.05) is 27.2 Å². The average Bonchev–Trinajstić information content (AvgIpc) is 2.23. The van der Waals surface area contributed by atoms with Crippen molar-refractivity contribution in [3.8, 4) is 0 Å². The monoisotopic (exact) mass is 343 g/mol. The summed E-state index contributed by atoms with van der Waals surface area (Å²) in [6.07, 6.45) is 8.35. The van der Waals surface area contributed by atoms with E-state index in [1.54, 1.807) is 0 Å². The van der Waals surface area contributed by atoms with E-state index in [0.29, 0.717) is 17.4 Å². The number of rotatable bonds is 5. The van der Waals surface area contributed by atoms with E-state index in [0.717, 1.165) is 18.4 Å². The van der Waals surface area contributed by atoms with Crippen molar-refractivity contribution in [2.24, 2.45) is 17.3 Å². The standard InChI is InChI=1S/C16H26BrNO2/c1-18(2)3-4-20-14(19)10-15-6-12-5-13(7-15)9-16(17,8-12)11-15/h12-13H,3-11H2,1-2H3/t12-,13-,15?,16?/m1/s1. The van der Waals surface area contributed by atoms with Gasteiger partial charge in [0.2, 0.25) is 0 Å². The number of carbonyl (C=O) groups is 1. The first-order chi connectivity index (χ1) is 9.38. The molecule has 4 aliphatic carbocycles. The fourth-order valence-electron chi connectivity index (χ4n) is 5.24. The van der Waals surface area contributed by atoms with Gasteiger partial charge in [-0.25, -0.2) is 0 Å². The molecule has 114 valence electrons. The van der Waals surface area contributed by atoms with E-state index in [4.69, 9.17) is 4.74 Å². The van der Waals surface area contributed by atoms with Crippen molar-refractivity contribution >= 4 is 21.9 Å². The van der Waals surface area contributed by atoms with Crippen LogP contribution in [-0.4, -0.2) is 42.4 Å². The summed E-state index contributed by atoms with van der Waals surface area (Å²) in [5.74, 6) is 1.69. The highest BCUT2D eigenvalue weighted by Crippen LogP contribution is 2.65. The minimum Gasteiger partial charge on any atom is -0.464 e. The molecular formula is C16H26BrNO2. The number of esters is 1. The van der Waals surface area contributed by atoms with Crippen LogP contribution in [0.1, 0.15) is 44.9 Å². The van der Waals surface area contributed by atoms with Crippen LogP contribution in [-0.2, 0) is 9.53 Å². The highest BCUT2D eigenvalue weighted by Gasteiger charge is 2.57. The summed E-state index contributed by atoms with van der Waals surface area (Å²) >= 11 is 4.00. The topological polar surface area (TPSA) is 29.5 Å². The third kappa shape index (κ3) is 3.06. The molecule has 0 aliphatic heterocycles. The summed E-state index contributed by atoms with van der Waals surface area (Å²) in [5, 5.41) is 0. The Labute approximate surface area is 130 Å². The fraction of sp³-hybridized carbons (Fsp3) is 0.938. The van der Waals surface area contributed by atoms with Crippen LogP contribution >= 0.6 is 15.9 Å². The van der Waals surface area contributed by atoms with Crippen LogP contribution in [0.5, 0.6) is 0 Å². The molecule has 2 atom stereocenters. The zero-order chi connectivity index (χ0) is 14.4. The van der Waals surface area contributed by atoms with E-state index in [1.807, 2.05) is 19.0 Å². The van der Waals surface area contributed by atoms with E-state index in [9.17, 15) is 4.79 Å². The molecule has 4 saturated carbocycles. The first-order valence-corrected chi connectivity index (χ1v) is 8.67. The molecule has 0 spiro atoms. The average molecular weight is 344 g/mol. The Bertz CT molecular complexity index is 382. The highest BCUT2D eigenvalue weighted by atomic mass is 79.9. The molecular weight excluding hydrogens is 318 g/mol. The molecule has 0 aromatic heterocycles. The summed E-state index contributed by atoms with van der Waals surface area (Å²) in [5.41, 5.74) is 0.239. The molecule has 0 radical (unpaired) electrons. The molecule has 0 aromatic carbocycles. The SMILES string of the molecule is CN(C)CCOC(=O)CC12C[C@H]3C[C@@H](CC(Br)(C3)C1)C2. The molecule has 0 N–H and O–H groups in total. The fourth-order valence-corrected chi connectivity index (χ4v) is 6.75. The first-order valence-electron chi connectivity index (χ1n) is 7.87. The molecule has 4 bridgehead atoms. The predicted octanol–water partition coefficient (Wildman–Crippen LogP) is 3.22. The van der Waals surface area contributed by atoms with Crippen LogP contribution in [0.2, 0.25) is 0 Å². The van der Waals surface area contributed by atoms with Gasteiger partial charge in [0.25, 0.3) is 0 Å². The van der Waals surface area contributed by atoms with Crippen molar-refractivity contribution in [3.05, 3.63) is 0 Å². The maximum Gasteiger partial charge on any atom is 0.306 e. The Balaban J connectivity index is 1.58. The molecule has 0 aromatic rings. The number of ether oxygens (including phenoxy) is 1. The van der Waals surface area contributed by atoms with Gasteiger partial charge in [0, 0.05) is 10.9 Å². The number of hydrogen-bond donors (Lipinski definition) is 0. The van der Waals surface area contributed by atoms with E-state index in [2.05, 4.69) is 15.9 Å². The lowest BCUT2D eigenvalue weighted by Crippen LogP contribution is -2.53. The van der Waals surface area contributed by atoms with Crippen molar-refractivity contribution in [1.29, 1.82) is 0 Å². The van der Waals surface area contributed by atoms with Gasteiger partial charge in [0.1, 0.15) is 6.61 Å². The Morgan fingerprint density at radius 1 is 1.25 bits per heavy atom. The van der Waals surface area contributed by atoms with E-state index in [1.165, 1.54) is 38.5 Å². The number of likely N-dealkylation sites (N-methyl/N-ethyl adjacent to an activating group) is 1. The smallest absolute Gasteiger partial charge is 0.306 e. The van der Waals surface area contributed by atoms with Crippen LogP contribution in [0.4, 0.5) is 0 Å². The second-order valence-corrected chi connectivity index (χ2v) is 9.49. The van der Waals surface area contributed by atoms with Crippen LogP contribution in [0, 0.1) is 17.3 Å². The van der Waals surface area contributed by atoms with Gasteiger partial charge in [-0.3, -0.25) is 4.79 Å². The van der Waals surface area contributed by atoms with Gasteiger partial charge in [0.15, 0.2) is 0 Å². The lowest BCUT2D eigenvalue weighted by atomic mass is 9.49. The molecule has 0 saturated heterocycles. The van der Waals surface area contributed by atoms with E-state index in [-0.39, 0.29) is 11.4 Å². The molecule has 0 unspecified atom stereocenters. The van der Waals surface area contributed by atoms with Crippen LogP contribution in [0.25, 0.3) is 0 Å². The Morgan fingerprint density at radius 2 is 1.90 bits per heavy atom. The Kier molecular flexibility index (Phi) is 3.91. The molecule has 4 rings (SSSR count). The van der Waals surface area contributed by atoms with Gasteiger partial charge in [0.05, 0.1) is 6.42 Å². The third-order valence-corrected chi connectivity index (χ3v) is 6.36. The second kappa shape index (κ2) is 5.28. The maximum atomic E-state index is 12.2. The van der Waals surface area contributed by atoms with Crippen molar-refractivity contribution < 1.29 is 9.53 Å². The quantitative estimate of drug-likeness (QED) is 0.567. The Morgan fingerprint density at radius 3 is 2.45 bits per heavy atom. The van der Waals surface area contributed by atoms with Crippen LogP contribution in [0.15, 0.2) is 0 Å². The highest BCUT2D eigenvalue weighted by molar-refractivity contribution is 9.10. The summed E-state index contributed by atoms with van der Waals surface area (Å²) in [7, 11) is 4.00. The van der Waals surface area contributed by atoms with Crippen molar-refractivity contribution in [2.45, 2.75) is 49.3 Å². The number of alkyl halides is 1. The summed E-state index contributed by atoms with van der Waals surface area (Å²) in [6, 6.07) is 0. The van der Waals surface area contributed by atoms with E-state index < -0.39 is 0 Å². The third-order valence-electron chi connectivity index (χ3n) is 5.43. The number of hydrogen-bond acceptors (Lipinski definition) is 3. The first kappa shape index (κ1) is 14.8. The van der Waals surface area contributed by atoms with Crippen molar-refractivity contribution in [1.82, 2.24) is 4.90 Å². The Hall–Kier alpha value is -0.0900. The van der Waals surface area contributed by atoms with Gasteiger partial charge in [-0.1, -0.05) is 15.9 Å².